The molecule has 2 aliphatic rings. The molecule has 1 fully saturated rings. The summed E-state index contributed by atoms with van der Waals surface area (Å²) in [6.07, 6.45) is 7.88. The second-order valence-corrected chi connectivity index (χ2v) is 9.75. The number of aryl methyl sites for hydroxylation is 2. The van der Waals surface area contributed by atoms with Gasteiger partial charge in [-0.15, -0.1) is 5.10 Å². The molecule has 0 bridgehead atoms. The van der Waals surface area contributed by atoms with Gasteiger partial charge in [0.2, 0.25) is 0 Å². The Hall–Kier alpha value is -3.48. The highest BCUT2D eigenvalue weighted by Crippen LogP contribution is 2.38. The molecule has 0 unspecified atom stereocenters. The van der Waals surface area contributed by atoms with Crippen molar-refractivity contribution in [2.45, 2.75) is 64.0 Å². The zero-order valence-electron chi connectivity index (χ0n) is 19.6. The summed E-state index contributed by atoms with van der Waals surface area (Å²) in [6.45, 7) is 2.93. The zero-order chi connectivity index (χ0) is 23.1. The van der Waals surface area contributed by atoms with E-state index >= 15 is 0 Å². The molecule has 2 aromatic carbocycles. The number of H-pyrrole nitrogens is 1. The van der Waals surface area contributed by atoms with Crippen molar-refractivity contribution < 1.29 is 0 Å². The Morgan fingerprint density at radius 1 is 1.03 bits per heavy atom. The van der Waals surface area contributed by atoms with Crippen LogP contribution in [0.2, 0.25) is 0 Å². The molecule has 34 heavy (non-hydrogen) atoms. The van der Waals surface area contributed by atoms with Gasteiger partial charge in [0.05, 0.1) is 6.04 Å². The third-order valence-electron chi connectivity index (χ3n) is 7.46. The average molecular weight is 455 g/mol. The van der Waals surface area contributed by atoms with Gasteiger partial charge in [0, 0.05) is 23.3 Å². The van der Waals surface area contributed by atoms with Crippen LogP contribution in [0.25, 0.3) is 10.9 Å². The fourth-order valence-corrected chi connectivity index (χ4v) is 5.79. The summed E-state index contributed by atoms with van der Waals surface area (Å²) in [5.41, 5.74) is 5.11. The number of nitrogens with one attached hydrogen (secondary N) is 1. The van der Waals surface area contributed by atoms with Crippen LogP contribution in [0.15, 0.2) is 53.3 Å². The van der Waals surface area contributed by atoms with Gasteiger partial charge in [0.25, 0.3) is 5.56 Å². The van der Waals surface area contributed by atoms with Crippen LogP contribution in [0.4, 0.5) is 5.69 Å². The summed E-state index contributed by atoms with van der Waals surface area (Å²) < 4.78 is 2.01. The largest absolute Gasteiger partial charge is 0.357 e. The van der Waals surface area contributed by atoms with Gasteiger partial charge in [-0.2, -0.15) is 0 Å². The minimum atomic E-state index is -0.355. The second-order valence-electron chi connectivity index (χ2n) is 9.75. The molecule has 1 N–H and O–H groups in total. The van der Waals surface area contributed by atoms with Crippen LogP contribution in [0.1, 0.15) is 73.1 Å². The van der Waals surface area contributed by atoms with Crippen molar-refractivity contribution in [3.63, 3.8) is 0 Å². The van der Waals surface area contributed by atoms with E-state index in [1.54, 1.807) is 0 Å². The van der Waals surface area contributed by atoms with Crippen molar-refractivity contribution >= 4 is 16.6 Å². The van der Waals surface area contributed by atoms with Crippen molar-refractivity contribution in [1.29, 1.82) is 0 Å². The smallest absolute Gasteiger partial charge is 0.254 e. The Kier molecular flexibility index (Phi) is 5.40. The quantitative estimate of drug-likeness (QED) is 0.476. The minimum Gasteiger partial charge on any atom is -0.357 e. The first-order chi connectivity index (χ1) is 16.7. The Bertz CT molecular complexity index is 1380. The van der Waals surface area contributed by atoms with E-state index in [4.69, 9.17) is 0 Å². The van der Waals surface area contributed by atoms with E-state index < -0.39 is 0 Å². The van der Waals surface area contributed by atoms with E-state index in [0.29, 0.717) is 5.56 Å². The fourth-order valence-electron chi connectivity index (χ4n) is 5.79. The molecule has 0 amide bonds. The molecular weight excluding hydrogens is 424 g/mol. The van der Waals surface area contributed by atoms with Crippen molar-refractivity contribution in [2.75, 3.05) is 11.4 Å². The predicted octanol–water partition coefficient (Wildman–Crippen LogP) is 4.87. The summed E-state index contributed by atoms with van der Waals surface area (Å²) in [4.78, 5) is 19.0. The van der Waals surface area contributed by atoms with Crippen LogP contribution in [0, 0.1) is 6.92 Å². The number of hydrogen-bond acceptors (Lipinski definition) is 5. The molecule has 0 saturated heterocycles. The Balaban J connectivity index is 1.56. The number of pyridine rings is 1. The molecule has 0 spiro atoms. The third kappa shape index (κ3) is 3.69. The molecule has 1 saturated carbocycles. The fraction of sp³-hybridized carbons (Fsp3) is 0.407. The van der Waals surface area contributed by atoms with Crippen molar-refractivity contribution in [2.24, 2.45) is 0 Å². The topological polar surface area (TPSA) is 79.7 Å². The molecule has 1 aliphatic heterocycles. The van der Waals surface area contributed by atoms with E-state index in [1.165, 1.54) is 30.5 Å². The van der Waals surface area contributed by atoms with Gasteiger partial charge in [0.1, 0.15) is 6.04 Å². The number of anilines is 1. The van der Waals surface area contributed by atoms with Gasteiger partial charge >= 0.3 is 0 Å². The molecule has 0 radical (unpaired) electrons. The van der Waals surface area contributed by atoms with Crippen LogP contribution in [0.5, 0.6) is 0 Å². The van der Waals surface area contributed by atoms with Crippen LogP contribution in [0.3, 0.4) is 0 Å². The Labute approximate surface area is 198 Å². The average Bonchev–Trinajstić information content (AvgIpc) is 3.35. The molecule has 174 valence electrons. The van der Waals surface area contributed by atoms with Gasteiger partial charge in [-0.25, -0.2) is 4.68 Å². The highest BCUT2D eigenvalue weighted by molar-refractivity contribution is 5.80. The number of nitrogens with zero attached hydrogens (tertiary/aromatic N) is 5. The lowest BCUT2D eigenvalue weighted by Crippen LogP contribution is -2.39. The summed E-state index contributed by atoms with van der Waals surface area (Å²) in [5, 5.41) is 14.2. The van der Waals surface area contributed by atoms with Crippen molar-refractivity contribution in [1.82, 2.24) is 25.2 Å². The van der Waals surface area contributed by atoms with Crippen LogP contribution in [-0.2, 0) is 6.42 Å². The molecule has 6 rings (SSSR count). The first-order valence-corrected chi connectivity index (χ1v) is 12.4. The number of aromatic nitrogens is 5. The Morgan fingerprint density at radius 2 is 1.88 bits per heavy atom. The maximum Gasteiger partial charge on any atom is 0.254 e. The zero-order valence-corrected chi connectivity index (χ0v) is 19.6. The normalized spacial score (nSPS) is 17.6. The molecule has 1 aliphatic carbocycles. The van der Waals surface area contributed by atoms with Gasteiger partial charge in [-0.1, -0.05) is 49.1 Å². The molecular formula is C27H30N6O. The number of fused-ring (bicyclic) bond motifs is 2. The molecule has 1 atom stereocenters. The first-order valence-electron chi connectivity index (χ1n) is 12.4. The Morgan fingerprint density at radius 3 is 2.76 bits per heavy atom. The van der Waals surface area contributed by atoms with Crippen LogP contribution < -0.4 is 10.5 Å². The lowest BCUT2D eigenvalue weighted by Gasteiger charge is -2.38. The van der Waals surface area contributed by atoms with Crippen LogP contribution >= 0.6 is 0 Å². The lowest BCUT2D eigenvalue weighted by molar-refractivity contribution is 0.313. The molecule has 3 heterocycles. The van der Waals surface area contributed by atoms with E-state index in [-0.39, 0.29) is 17.6 Å². The summed E-state index contributed by atoms with van der Waals surface area (Å²) in [6, 6.07) is 16.6. The third-order valence-corrected chi connectivity index (χ3v) is 7.46. The number of benzene rings is 2. The number of hydrogen-bond donors (Lipinski definition) is 1. The maximum absolute atomic E-state index is 13.5. The summed E-state index contributed by atoms with van der Waals surface area (Å²) in [5.74, 6) is 0.765. The second kappa shape index (κ2) is 8.70. The number of tetrazole rings is 1. The summed E-state index contributed by atoms with van der Waals surface area (Å²) in [7, 11) is 0. The standard InChI is InChI=1S/C27H30N6O/c1-18-13-14-23-20(16-18)17-22(27(34)28-23)25(32-15-7-9-19-8-5-6-12-24(19)32)26-29-30-31-33(26)21-10-3-2-4-11-21/h5-6,8,12-14,16-17,21,25H,2-4,7,9-11,15H2,1H3,(H,28,34)/t25-/m1/s1. The lowest BCUT2D eigenvalue weighted by atomic mass is 9.94. The van der Waals surface area contributed by atoms with Gasteiger partial charge in [-0.05, 0) is 78.2 Å². The molecule has 4 aromatic rings. The van der Waals surface area contributed by atoms with Crippen molar-refractivity contribution in [3.05, 3.63) is 81.4 Å². The van der Waals surface area contributed by atoms with E-state index in [9.17, 15) is 4.79 Å². The highest BCUT2D eigenvalue weighted by atomic mass is 16.1. The number of rotatable bonds is 4. The van der Waals surface area contributed by atoms with Gasteiger partial charge in [0.15, 0.2) is 5.82 Å². The van der Waals surface area contributed by atoms with Crippen molar-refractivity contribution in [3.8, 4) is 0 Å². The SMILES string of the molecule is Cc1ccc2[nH]c(=O)c([C@H](c3nnnn3C3CCCCC3)N3CCCc4ccccc43)cc2c1. The number of aromatic amines is 1. The molecule has 7 heteroatoms. The van der Waals surface area contributed by atoms with E-state index in [2.05, 4.69) is 62.7 Å². The minimum absolute atomic E-state index is 0.0809. The number of para-hydroxylation sites is 1. The maximum atomic E-state index is 13.5. The highest BCUT2D eigenvalue weighted by Gasteiger charge is 2.34. The first kappa shape index (κ1) is 21.1. The van der Waals surface area contributed by atoms with Gasteiger partial charge < -0.3 is 9.88 Å². The van der Waals surface area contributed by atoms with Crippen LogP contribution in [-0.4, -0.2) is 31.7 Å². The molecule has 7 nitrogen and oxygen atoms in total. The summed E-state index contributed by atoms with van der Waals surface area (Å²) >= 11 is 0. The van der Waals surface area contributed by atoms with E-state index in [0.717, 1.165) is 54.5 Å². The monoisotopic (exact) mass is 454 g/mol. The predicted molar refractivity (Wildman–Crippen MR) is 133 cm³/mol. The van der Waals surface area contributed by atoms with E-state index in [1.807, 2.05) is 22.9 Å². The molecule has 2 aromatic heterocycles. The van der Waals surface area contributed by atoms with Gasteiger partial charge in [-0.3, -0.25) is 4.79 Å².